The molecule has 0 aliphatic rings. The van der Waals surface area contributed by atoms with E-state index in [1.54, 1.807) is 54.6 Å². The van der Waals surface area contributed by atoms with Crippen LogP contribution in [0.2, 0.25) is 0 Å². The normalized spacial score (nSPS) is 10.8. The van der Waals surface area contributed by atoms with Crippen LogP contribution in [0.5, 0.6) is 17.2 Å². The number of hydrogen-bond acceptors (Lipinski definition) is 8. The van der Waals surface area contributed by atoms with Gasteiger partial charge in [0.2, 0.25) is 0 Å². The number of anilines is 2. The third kappa shape index (κ3) is 8.41. The highest BCUT2D eigenvalue weighted by atomic mass is 16.5. The number of aromatic carboxylic acids is 1. The van der Waals surface area contributed by atoms with Gasteiger partial charge < -0.3 is 30.8 Å². The summed E-state index contributed by atoms with van der Waals surface area (Å²) in [6, 6.07) is 16.1. The first-order valence-corrected chi connectivity index (χ1v) is 12.1. The van der Waals surface area contributed by atoms with Gasteiger partial charge in [0.05, 0.1) is 12.2 Å². The van der Waals surface area contributed by atoms with Crippen molar-refractivity contribution in [3.05, 3.63) is 83.4 Å². The van der Waals surface area contributed by atoms with Crippen LogP contribution in [0.3, 0.4) is 0 Å². The third-order valence-corrected chi connectivity index (χ3v) is 5.46. The molecule has 0 fully saturated rings. The van der Waals surface area contributed by atoms with Gasteiger partial charge in [0.1, 0.15) is 17.2 Å². The number of carboxylic acid groups (broad SMARTS) is 1. The second-order valence-electron chi connectivity index (χ2n) is 8.41. The van der Waals surface area contributed by atoms with Crippen molar-refractivity contribution in [1.29, 1.82) is 0 Å². The lowest BCUT2D eigenvalue weighted by Crippen LogP contribution is -2.11. The van der Waals surface area contributed by atoms with Crippen LogP contribution in [0.15, 0.2) is 66.7 Å². The van der Waals surface area contributed by atoms with Crippen LogP contribution >= 0.6 is 0 Å². The fourth-order valence-corrected chi connectivity index (χ4v) is 3.53. The van der Waals surface area contributed by atoms with E-state index in [-0.39, 0.29) is 23.8 Å². The van der Waals surface area contributed by atoms with E-state index in [9.17, 15) is 19.5 Å². The highest BCUT2D eigenvalue weighted by molar-refractivity contribution is 5.92. The summed E-state index contributed by atoms with van der Waals surface area (Å²) in [5.74, 6) is -0.671. The smallest absolute Gasteiger partial charge is 0.336 e. The Morgan fingerprint density at radius 3 is 2.16 bits per heavy atom. The Balaban J connectivity index is 1.48. The maximum atomic E-state index is 12.2. The summed E-state index contributed by atoms with van der Waals surface area (Å²) in [5.41, 5.74) is 13.5. The molecule has 9 nitrogen and oxygen atoms in total. The molecule has 0 aliphatic carbocycles. The number of hydrogen-bond donors (Lipinski definition) is 3. The van der Waals surface area contributed by atoms with Crippen molar-refractivity contribution in [3.63, 3.8) is 0 Å². The quantitative estimate of drug-likeness (QED) is 0.132. The first-order valence-electron chi connectivity index (χ1n) is 12.1. The van der Waals surface area contributed by atoms with Crippen molar-refractivity contribution in [2.75, 3.05) is 18.1 Å². The molecule has 198 valence electrons. The molecule has 0 aromatic heterocycles. The third-order valence-electron chi connectivity index (χ3n) is 5.46. The van der Waals surface area contributed by atoms with E-state index in [2.05, 4.69) is 0 Å². The molecular weight excluding hydrogens is 488 g/mol. The van der Waals surface area contributed by atoms with E-state index < -0.39 is 11.9 Å². The first-order chi connectivity index (χ1) is 18.2. The molecule has 0 saturated carbocycles. The van der Waals surface area contributed by atoms with Crippen molar-refractivity contribution in [2.24, 2.45) is 0 Å². The first kappa shape index (κ1) is 27.8. The van der Waals surface area contributed by atoms with E-state index in [1.165, 1.54) is 18.2 Å². The number of nitrogen functional groups attached to an aromatic ring is 2. The van der Waals surface area contributed by atoms with Crippen molar-refractivity contribution in [2.45, 2.75) is 32.6 Å². The lowest BCUT2D eigenvalue weighted by Gasteiger charge is -2.12. The van der Waals surface area contributed by atoms with Crippen LogP contribution < -0.4 is 25.7 Å². The van der Waals surface area contributed by atoms with Gasteiger partial charge in [-0.25, -0.2) is 9.59 Å². The predicted molar refractivity (Wildman–Crippen MR) is 144 cm³/mol. The van der Waals surface area contributed by atoms with E-state index in [4.69, 9.17) is 25.7 Å². The number of carbonyl (C=O) groups is 3. The molecule has 0 unspecified atom stereocenters. The molecule has 5 N–H and O–H groups in total. The average molecular weight is 519 g/mol. The van der Waals surface area contributed by atoms with Crippen LogP contribution in [0.4, 0.5) is 11.4 Å². The fraction of sp³-hybridized carbons (Fsp3) is 0.207. The van der Waals surface area contributed by atoms with Crippen LogP contribution in [0, 0.1) is 0 Å². The number of carboxylic acids is 1. The monoisotopic (exact) mass is 518 g/mol. The maximum absolute atomic E-state index is 12.2. The number of unbranched alkanes of at least 4 members (excludes halogenated alkanes) is 1. The van der Waals surface area contributed by atoms with Crippen molar-refractivity contribution < 1.29 is 33.7 Å². The molecule has 0 amide bonds. The van der Waals surface area contributed by atoms with Crippen LogP contribution in [-0.2, 0) is 16.0 Å². The Kier molecular flexibility index (Phi) is 9.87. The Hall–Kier alpha value is -4.79. The van der Waals surface area contributed by atoms with Gasteiger partial charge in [-0.3, -0.25) is 4.79 Å². The topological polar surface area (TPSA) is 151 Å². The van der Waals surface area contributed by atoms with Crippen LogP contribution in [0.1, 0.15) is 47.7 Å². The second-order valence-corrected chi connectivity index (χ2v) is 8.41. The van der Waals surface area contributed by atoms with E-state index in [1.807, 2.05) is 6.92 Å². The minimum Gasteiger partial charge on any atom is -0.493 e. The fourth-order valence-electron chi connectivity index (χ4n) is 3.53. The molecule has 0 aliphatic heterocycles. The van der Waals surface area contributed by atoms with Gasteiger partial charge in [-0.05, 0) is 72.2 Å². The molecule has 0 radical (unpaired) electrons. The minimum atomic E-state index is -1.10. The van der Waals surface area contributed by atoms with Gasteiger partial charge in [0.15, 0.2) is 0 Å². The van der Waals surface area contributed by atoms with E-state index in [0.717, 1.165) is 18.4 Å². The summed E-state index contributed by atoms with van der Waals surface area (Å²) in [6.07, 6.45) is 5.23. The number of carbonyl (C=O) groups excluding carboxylic acids is 2. The summed E-state index contributed by atoms with van der Waals surface area (Å²) in [5, 5.41) is 9.39. The van der Waals surface area contributed by atoms with Crippen molar-refractivity contribution in [3.8, 4) is 17.2 Å². The Morgan fingerprint density at radius 2 is 1.53 bits per heavy atom. The summed E-state index contributed by atoms with van der Waals surface area (Å²) >= 11 is 0. The lowest BCUT2D eigenvalue weighted by atomic mass is 10.0. The number of benzene rings is 3. The SMILES string of the molecule is CCCCC(=O)Oc1ccc(OC(=O)/C=C/c2ccc(OCCc3c(N)cc(N)cc3C(=O)O)cc2)cc1. The van der Waals surface area contributed by atoms with Gasteiger partial charge in [-0.1, -0.05) is 25.5 Å². The Morgan fingerprint density at radius 1 is 0.895 bits per heavy atom. The number of ether oxygens (including phenoxy) is 3. The number of esters is 2. The zero-order chi connectivity index (χ0) is 27.5. The summed E-state index contributed by atoms with van der Waals surface area (Å²) in [4.78, 5) is 35.3. The molecule has 3 aromatic carbocycles. The molecule has 0 spiro atoms. The van der Waals surface area contributed by atoms with Crippen LogP contribution in [0.25, 0.3) is 6.08 Å². The van der Waals surface area contributed by atoms with Gasteiger partial charge in [-0.2, -0.15) is 0 Å². The van der Waals surface area contributed by atoms with Gasteiger partial charge in [0, 0.05) is 30.3 Å². The molecule has 9 heteroatoms. The summed E-state index contributed by atoms with van der Waals surface area (Å²) in [7, 11) is 0. The minimum absolute atomic E-state index is 0.0558. The van der Waals surface area contributed by atoms with Crippen molar-refractivity contribution >= 4 is 35.4 Å². The highest BCUT2D eigenvalue weighted by Crippen LogP contribution is 2.23. The average Bonchev–Trinajstić information content (AvgIpc) is 2.89. The molecule has 0 atom stereocenters. The van der Waals surface area contributed by atoms with Crippen molar-refractivity contribution in [1.82, 2.24) is 0 Å². The lowest BCUT2D eigenvalue weighted by molar-refractivity contribution is -0.134. The summed E-state index contributed by atoms with van der Waals surface area (Å²) in [6.45, 7) is 2.21. The van der Waals surface area contributed by atoms with Gasteiger partial charge in [0.25, 0.3) is 0 Å². The molecule has 3 aromatic rings. The molecule has 3 rings (SSSR count). The van der Waals surface area contributed by atoms with E-state index in [0.29, 0.717) is 41.3 Å². The Labute approximate surface area is 220 Å². The van der Waals surface area contributed by atoms with Gasteiger partial charge >= 0.3 is 17.9 Å². The van der Waals surface area contributed by atoms with Crippen LogP contribution in [-0.4, -0.2) is 29.6 Å². The second kappa shape index (κ2) is 13.5. The standard InChI is InChI=1S/C29H30N2O7/c1-2-3-4-27(32)37-22-10-12-23(13-11-22)38-28(33)14-7-19-5-8-21(9-6-19)36-16-15-24-25(29(34)35)17-20(30)18-26(24)31/h5-14,17-18H,2-4,15-16,30-31H2,1H3,(H,34,35)/b14-7+. The zero-order valence-electron chi connectivity index (χ0n) is 21.0. The molecular formula is C29H30N2O7. The van der Waals surface area contributed by atoms with Gasteiger partial charge in [-0.15, -0.1) is 0 Å². The summed E-state index contributed by atoms with van der Waals surface area (Å²) < 4.78 is 16.2. The number of nitrogens with two attached hydrogens (primary N) is 2. The molecule has 38 heavy (non-hydrogen) atoms. The zero-order valence-corrected chi connectivity index (χ0v) is 21.0. The highest BCUT2D eigenvalue weighted by Gasteiger charge is 2.14. The predicted octanol–water partition coefficient (Wildman–Crippen LogP) is 4.89. The Bertz CT molecular complexity index is 1300. The maximum Gasteiger partial charge on any atom is 0.336 e. The molecule has 0 saturated heterocycles. The van der Waals surface area contributed by atoms with E-state index >= 15 is 0 Å². The number of rotatable bonds is 12. The molecule has 0 bridgehead atoms. The largest absolute Gasteiger partial charge is 0.493 e. The molecule has 0 heterocycles.